The summed E-state index contributed by atoms with van der Waals surface area (Å²) in [6.45, 7) is 5.98. The van der Waals surface area contributed by atoms with Gasteiger partial charge in [-0.1, -0.05) is 32.0 Å². The van der Waals surface area contributed by atoms with Gasteiger partial charge in [0.25, 0.3) is 0 Å². The molecule has 0 radical (unpaired) electrons. The molecular formula is C18H26N2O. The third kappa shape index (κ3) is 3.22. The fourth-order valence-corrected chi connectivity index (χ4v) is 3.08. The van der Waals surface area contributed by atoms with Crippen molar-refractivity contribution in [3.63, 3.8) is 0 Å². The SMILES string of the molecule is CC(C)c1cccc2c1OCCCC2(C#N)CCN(C)C. The molecule has 1 heterocycles. The van der Waals surface area contributed by atoms with Crippen LogP contribution in [0.2, 0.25) is 0 Å². The standard InChI is InChI=1S/C18H26N2O/c1-14(2)15-7-5-8-16-17(15)21-12-6-9-18(16,13-19)10-11-20(3)4/h5,7-8,14H,6,9-12H2,1-4H3. The summed E-state index contributed by atoms with van der Waals surface area (Å²) in [4.78, 5) is 2.15. The first-order valence-corrected chi connectivity index (χ1v) is 7.82. The van der Waals surface area contributed by atoms with Crippen molar-refractivity contribution in [2.75, 3.05) is 27.2 Å². The van der Waals surface area contributed by atoms with Crippen LogP contribution in [-0.2, 0) is 5.41 Å². The molecule has 0 aromatic heterocycles. The van der Waals surface area contributed by atoms with Crippen LogP contribution in [-0.4, -0.2) is 32.1 Å². The topological polar surface area (TPSA) is 36.3 Å². The lowest BCUT2D eigenvalue weighted by Crippen LogP contribution is -2.29. The van der Waals surface area contributed by atoms with E-state index >= 15 is 0 Å². The molecule has 0 fully saturated rings. The number of hydrogen-bond donors (Lipinski definition) is 0. The molecule has 3 nitrogen and oxygen atoms in total. The van der Waals surface area contributed by atoms with E-state index in [9.17, 15) is 5.26 Å². The van der Waals surface area contributed by atoms with Crippen LogP contribution in [0.3, 0.4) is 0 Å². The highest BCUT2D eigenvalue weighted by molar-refractivity contribution is 5.50. The molecule has 1 aliphatic heterocycles. The van der Waals surface area contributed by atoms with Crippen LogP contribution in [0.25, 0.3) is 0 Å². The summed E-state index contributed by atoms with van der Waals surface area (Å²) in [6, 6.07) is 8.92. The van der Waals surface area contributed by atoms with Crippen molar-refractivity contribution in [2.45, 2.75) is 44.4 Å². The Labute approximate surface area is 128 Å². The number of hydrogen-bond acceptors (Lipinski definition) is 3. The number of para-hydroxylation sites is 1. The van der Waals surface area contributed by atoms with Crippen LogP contribution in [0.15, 0.2) is 18.2 Å². The molecule has 1 aromatic rings. The zero-order valence-electron chi connectivity index (χ0n) is 13.6. The van der Waals surface area contributed by atoms with E-state index in [0.29, 0.717) is 12.5 Å². The molecule has 0 spiro atoms. The van der Waals surface area contributed by atoms with Crippen molar-refractivity contribution in [3.8, 4) is 11.8 Å². The molecule has 1 aromatic carbocycles. The van der Waals surface area contributed by atoms with Crippen LogP contribution < -0.4 is 4.74 Å². The Hall–Kier alpha value is -1.53. The van der Waals surface area contributed by atoms with E-state index in [1.807, 2.05) is 0 Å². The normalized spacial score (nSPS) is 21.6. The Morgan fingerprint density at radius 2 is 2.14 bits per heavy atom. The van der Waals surface area contributed by atoms with Crippen LogP contribution in [0, 0.1) is 11.3 Å². The first-order valence-electron chi connectivity index (χ1n) is 7.82. The second-order valence-electron chi connectivity index (χ2n) is 6.58. The van der Waals surface area contributed by atoms with Gasteiger partial charge in [-0.2, -0.15) is 5.26 Å². The minimum Gasteiger partial charge on any atom is -0.493 e. The van der Waals surface area contributed by atoms with Crippen molar-refractivity contribution >= 4 is 0 Å². The summed E-state index contributed by atoms with van der Waals surface area (Å²) in [5.41, 5.74) is 1.90. The van der Waals surface area contributed by atoms with E-state index in [2.05, 4.69) is 57.1 Å². The zero-order chi connectivity index (χ0) is 15.5. The van der Waals surface area contributed by atoms with Crippen molar-refractivity contribution in [1.82, 2.24) is 4.90 Å². The number of ether oxygens (including phenoxy) is 1. The molecule has 21 heavy (non-hydrogen) atoms. The Bertz CT molecular complexity index is 531. The number of rotatable bonds is 4. The average molecular weight is 286 g/mol. The molecule has 0 N–H and O–H groups in total. The third-order valence-electron chi connectivity index (χ3n) is 4.38. The summed E-state index contributed by atoms with van der Waals surface area (Å²) in [7, 11) is 4.12. The van der Waals surface area contributed by atoms with E-state index in [-0.39, 0.29) is 0 Å². The minimum atomic E-state index is -0.416. The summed E-state index contributed by atoms with van der Waals surface area (Å²) >= 11 is 0. The highest BCUT2D eigenvalue weighted by Crippen LogP contribution is 2.43. The maximum absolute atomic E-state index is 9.93. The van der Waals surface area contributed by atoms with Gasteiger partial charge in [0.2, 0.25) is 0 Å². The molecule has 0 bridgehead atoms. The summed E-state index contributed by atoms with van der Waals surface area (Å²) in [5, 5.41) is 9.93. The van der Waals surface area contributed by atoms with E-state index < -0.39 is 5.41 Å². The lowest BCUT2D eigenvalue weighted by molar-refractivity contribution is 0.306. The van der Waals surface area contributed by atoms with Crippen LogP contribution in [0.4, 0.5) is 0 Å². The van der Waals surface area contributed by atoms with Gasteiger partial charge in [0.1, 0.15) is 5.75 Å². The minimum absolute atomic E-state index is 0.406. The quantitative estimate of drug-likeness (QED) is 0.847. The number of benzene rings is 1. The summed E-state index contributed by atoms with van der Waals surface area (Å²) < 4.78 is 6.04. The molecule has 0 saturated heterocycles. The van der Waals surface area contributed by atoms with Gasteiger partial charge in [-0.15, -0.1) is 0 Å². The maximum Gasteiger partial charge on any atom is 0.127 e. The van der Waals surface area contributed by atoms with Gasteiger partial charge in [0.05, 0.1) is 18.1 Å². The van der Waals surface area contributed by atoms with Crippen molar-refractivity contribution < 1.29 is 4.74 Å². The lowest BCUT2D eigenvalue weighted by Gasteiger charge is -2.29. The Morgan fingerprint density at radius 3 is 2.76 bits per heavy atom. The van der Waals surface area contributed by atoms with Crippen molar-refractivity contribution in [3.05, 3.63) is 29.3 Å². The average Bonchev–Trinajstić information content (AvgIpc) is 2.64. The molecule has 3 heteroatoms. The van der Waals surface area contributed by atoms with Crippen LogP contribution in [0.5, 0.6) is 5.75 Å². The van der Waals surface area contributed by atoms with E-state index in [1.54, 1.807) is 0 Å². The molecule has 0 amide bonds. The smallest absolute Gasteiger partial charge is 0.127 e. The molecule has 1 aliphatic rings. The second-order valence-corrected chi connectivity index (χ2v) is 6.58. The molecule has 1 atom stereocenters. The molecule has 1 unspecified atom stereocenters. The van der Waals surface area contributed by atoms with Gasteiger partial charge in [-0.3, -0.25) is 0 Å². The van der Waals surface area contributed by atoms with E-state index in [0.717, 1.165) is 37.1 Å². The lowest BCUT2D eigenvalue weighted by atomic mass is 9.74. The Balaban J connectivity index is 2.50. The van der Waals surface area contributed by atoms with Crippen LogP contribution in [0.1, 0.15) is 50.2 Å². The second kappa shape index (κ2) is 6.49. The van der Waals surface area contributed by atoms with E-state index in [1.165, 1.54) is 5.56 Å². The Morgan fingerprint density at radius 1 is 1.38 bits per heavy atom. The highest BCUT2D eigenvalue weighted by Gasteiger charge is 2.37. The van der Waals surface area contributed by atoms with Gasteiger partial charge in [-0.25, -0.2) is 0 Å². The zero-order valence-corrected chi connectivity index (χ0v) is 13.6. The first kappa shape index (κ1) is 15.9. The predicted molar refractivity (Wildman–Crippen MR) is 85.7 cm³/mol. The van der Waals surface area contributed by atoms with Gasteiger partial charge in [0, 0.05) is 5.56 Å². The van der Waals surface area contributed by atoms with Gasteiger partial charge in [0.15, 0.2) is 0 Å². The number of fused-ring (bicyclic) bond motifs is 1. The van der Waals surface area contributed by atoms with Crippen molar-refractivity contribution in [1.29, 1.82) is 5.26 Å². The maximum atomic E-state index is 9.93. The van der Waals surface area contributed by atoms with Crippen LogP contribution >= 0.6 is 0 Å². The van der Waals surface area contributed by atoms with E-state index in [4.69, 9.17) is 4.74 Å². The van der Waals surface area contributed by atoms with Gasteiger partial charge >= 0.3 is 0 Å². The molecular weight excluding hydrogens is 260 g/mol. The Kier molecular flexibility index (Phi) is 4.90. The monoisotopic (exact) mass is 286 g/mol. The van der Waals surface area contributed by atoms with Crippen molar-refractivity contribution in [2.24, 2.45) is 0 Å². The highest BCUT2D eigenvalue weighted by atomic mass is 16.5. The largest absolute Gasteiger partial charge is 0.493 e. The van der Waals surface area contributed by atoms with Gasteiger partial charge < -0.3 is 9.64 Å². The fraction of sp³-hybridized carbons (Fsp3) is 0.611. The molecule has 0 aliphatic carbocycles. The van der Waals surface area contributed by atoms with Gasteiger partial charge in [-0.05, 0) is 51.4 Å². The summed E-state index contributed by atoms with van der Waals surface area (Å²) in [6.07, 6.45) is 2.67. The predicted octanol–water partition coefficient (Wildman–Crippen LogP) is 3.70. The first-order chi connectivity index (χ1) is 10.00. The summed E-state index contributed by atoms with van der Waals surface area (Å²) in [5.74, 6) is 1.37. The fourth-order valence-electron chi connectivity index (χ4n) is 3.08. The number of nitriles is 1. The molecule has 114 valence electrons. The third-order valence-corrected chi connectivity index (χ3v) is 4.38. The molecule has 0 saturated carbocycles. The number of nitrogens with zero attached hydrogens (tertiary/aromatic N) is 2. The molecule has 2 rings (SSSR count).